The predicted octanol–water partition coefficient (Wildman–Crippen LogP) is 15.0. The Morgan fingerprint density at radius 2 is 0.914 bits per heavy atom. The number of anilines is 3. The minimum Gasteiger partial charge on any atom is -0.456 e. The maximum Gasteiger partial charge on any atom is 0.143 e. The summed E-state index contributed by atoms with van der Waals surface area (Å²) in [5.41, 5.74) is 16.0. The van der Waals surface area contributed by atoms with Gasteiger partial charge < -0.3 is 13.7 Å². The molecule has 0 amide bonds. The number of hydrogen-bond acceptors (Lipinski definition) is 3. The summed E-state index contributed by atoms with van der Waals surface area (Å²) >= 11 is 0. The van der Waals surface area contributed by atoms with Gasteiger partial charge in [-0.3, -0.25) is 0 Å². The number of rotatable bonds is 6. The quantitative estimate of drug-likeness (QED) is 0.170. The van der Waals surface area contributed by atoms with Crippen molar-refractivity contribution in [2.24, 2.45) is 0 Å². The number of nitrogens with zero attached hydrogens (tertiary/aromatic N) is 1. The molecule has 0 fully saturated rings. The molecule has 0 atom stereocenters. The smallest absolute Gasteiger partial charge is 0.143 e. The highest BCUT2D eigenvalue weighted by atomic mass is 16.3. The Morgan fingerprint density at radius 1 is 0.328 bits per heavy atom. The summed E-state index contributed by atoms with van der Waals surface area (Å²) in [5, 5.41) is 4.44. The summed E-state index contributed by atoms with van der Waals surface area (Å²) in [6, 6.07) is 76.0. The fourth-order valence-corrected chi connectivity index (χ4v) is 9.63. The first kappa shape index (κ1) is 32.6. The van der Waals surface area contributed by atoms with Crippen molar-refractivity contribution in [1.82, 2.24) is 0 Å². The highest BCUT2D eigenvalue weighted by molar-refractivity contribution is 6.12. The number of hydrogen-bond donors (Lipinski definition) is 0. The Balaban J connectivity index is 1.00. The summed E-state index contributed by atoms with van der Waals surface area (Å²) < 4.78 is 13.2. The summed E-state index contributed by atoms with van der Waals surface area (Å²) in [6.45, 7) is 0. The van der Waals surface area contributed by atoms with Gasteiger partial charge in [0.15, 0.2) is 0 Å². The van der Waals surface area contributed by atoms with E-state index in [4.69, 9.17) is 8.83 Å². The largest absolute Gasteiger partial charge is 0.456 e. The number of para-hydroxylation sites is 3. The first-order valence-corrected chi connectivity index (χ1v) is 19.8. The van der Waals surface area contributed by atoms with E-state index in [1.807, 2.05) is 12.1 Å². The van der Waals surface area contributed by atoms with Crippen LogP contribution in [0, 0.1) is 0 Å². The van der Waals surface area contributed by atoms with Crippen molar-refractivity contribution in [1.29, 1.82) is 0 Å². The normalized spacial score (nSPS) is 13.0. The monoisotopic (exact) mass is 741 g/mol. The Morgan fingerprint density at radius 3 is 1.69 bits per heavy atom. The molecular weight excluding hydrogens is 707 g/mol. The zero-order valence-corrected chi connectivity index (χ0v) is 31.5. The molecule has 0 saturated heterocycles. The van der Waals surface area contributed by atoms with Crippen molar-refractivity contribution < 1.29 is 8.83 Å². The van der Waals surface area contributed by atoms with Crippen molar-refractivity contribution in [2.75, 3.05) is 4.90 Å². The number of benzene rings is 9. The lowest BCUT2D eigenvalue weighted by Gasteiger charge is -2.33. The molecule has 0 unspecified atom stereocenters. The standard InChI is InChI=1S/C55H35NO2/c1-4-15-37(16-5-1)55(38-17-6-2-7-18-38)49-25-12-10-21-43(49)46-34-48-45-24-14-23-42(54(45)58-53(48)35-50(46)55)36-27-29-40(30-28-36)56(39-19-8-3-9-20-39)41-31-32-52-47(33-41)44-22-11-13-26-51(44)57-52/h1-35H. The second kappa shape index (κ2) is 12.7. The van der Waals surface area contributed by atoms with E-state index in [0.29, 0.717) is 0 Å². The molecule has 2 heterocycles. The van der Waals surface area contributed by atoms with Crippen LogP contribution in [-0.2, 0) is 5.41 Å². The molecule has 12 rings (SSSR count). The third-order valence-corrected chi connectivity index (χ3v) is 12.1. The van der Waals surface area contributed by atoms with Crippen LogP contribution in [0.3, 0.4) is 0 Å². The highest BCUT2D eigenvalue weighted by Gasteiger charge is 2.46. The van der Waals surface area contributed by atoms with Gasteiger partial charge in [-0.1, -0.05) is 152 Å². The topological polar surface area (TPSA) is 29.5 Å². The van der Waals surface area contributed by atoms with Gasteiger partial charge in [-0.2, -0.15) is 0 Å². The van der Waals surface area contributed by atoms with Crippen molar-refractivity contribution in [3.63, 3.8) is 0 Å². The van der Waals surface area contributed by atoms with Crippen LogP contribution in [0.1, 0.15) is 22.3 Å². The van der Waals surface area contributed by atoms with Gasteiger partial charge in [0, 0.05) is 44.2 Å². The minimum atomic E-state index is -0.486. The van der Waals surface area contributed by atoms with Crippen LogP contribution in [0.2, 0.25) is 0 Å². The van der Waals surface area contributed by atoms with E-state index in [0.717, 1.165) is 72.1 Å². The fraction of sp³-hybridized carbons (Fsp3) is 0.0182. The fourth-order valence-electron chi connectivity index (χ4n) is 9.63. The third kappa shape index (κ3) is 4.74. The molecule has 0 N–H and O–H groups in total. The van der Waals surface area contributed by atoms with Crippen LogP contribution in [0.4, 0.5) is 17.1 Å². The molecule has 11 aromatic rings. The molecule has 0 radical (unpaired) electrons. The van der Waals surface area contributed by atoms with E-state index in [2.05, 4.69) is 205 Å². The van der Waals surface area contributed by atoms with Gasteiger partial charge in [-0.25, -0.2) is 0 Å². The molecule has 1 aliphatic rings. The molecule has 2 aromatic heterocycles. The van der Waals surface area contributed by atoms with Crippen LogP contribution in [0.25, 0.3) is 66.1 Å². The lowest BCUT2D eigenvalue weighted by molar-refractivity contribution is 0.667. The SMILES string of the molecule is c1ccc(N(c2ccc(-c3cccc4c3oc3cc5c(cc34)-c3ccccc3C5(c3ccccc3)c3ccccc3)cc2)c2ccc3oc4ccccc4c3c2)cc1. The maximum absolute atomic E-state index is 6.99. The third-order valence-electron chi connectivity index (χ3n) is 12.1. The Hall–Kier alpha value is -7.62. The van der Waals surface area contributed by atoms with Gasteiger partial charge in [0.2, 0.25) is 0 Å². The Bertz CT molecular complexity index is 3290. The van der Waals surface area contributed by atoms with Crippen LogP contribution >= 0.6 is 0 Å². The average molecular weight is 742 g/mol. The average Bonchev–Trinajstić information content (AvgIpc) is 3.95. The number of furan rings is 2. The van der Waals surface area contributed by atoms with E-state index in [1.165, 1.54) is 33.4 Å². The van der Waals surface area contributed by atoms with Crippen LogP contribution < -0.4 is 4.90 Å². The van der Waals surface area contributed by atoms with Gasteiger partial charge in [0.1, 0.15) is 22.3 Å². The van der Waals surface area contributed by atoms with Crippen molar-refractivity contribution in [3.05, 3.63) is 235 Å². The molecule has 0 bridgehead atoms. The van der Waals surface area contributed by atoms with Gasteiger partial charge in [-0.05, 0) is 99.6 Å². The molecular formula is C55H35NO2. The minimum absolute atomic E-state index is 0.486. The first-order valence-electron chi connectivity index (χ1n) is 19.8. The molecule has 3 nitrogen and oxygen atoms in total. The molecule has 9 aromatic carbocycles. The summed E-state index contributed by atoms with van der Waals surface area (Å²) in [7, 11) is 0. The lowest BCUT2D eigenvalue weighted by Crippen LogP contribution is -2.28. The highest BCUT2D eigenvalue weighted by Crippen LogP contribution is 2.57. The van der Waals surface area contributed by atoms with Gasteiger partial charge in [0.05, 0.1) is 5.41 Å². The molecule has 272 valence electrons. The summed E-state index contributed by atoms with van der Waals surface area (Å²) in [6.07, 6.45) is 0. The summed E-state index contributed by atoms with van der Waals surface area (Å²) in [4.78, 5) is 2.30. The van der Waals surface area contributed by atoms with Crippen molar-refractivity contribution >= 4 is 60.9 Å². The van der Waals surface area contributed by atoms with Crippen LogP contribution in [0.5, 0.6) is 0 Å². The van der Waals surface area contributed by atoms with Gasteiger partial charge in [-0.15, -0.1) is 0 Å². The number of fused-ring (bicyclic) bond motifs is 9. The van der Waals surface area contributed by atoms with Crippen LogP contribution in [0.15, 0.2) is 221 Å². The molecule has 1 aliphatic carbocycles. The second-order valence-corrected chi connectivity index (χ2v) is 15.2. The van der Waals surface area contributed by atoms with Crippen LogP contribution in [-0.4, -0.2) is 0 Å². The molecule has 0 saturated carbocycles. The Labute approximate surface area is 335 Å². The Kier molecular flexibility index (Phi) is 7.14. The van der Waals surface area contributed by atoms with E-state index < -0.39 is 5.41 Å². The predicted molar refractivity (Wildman–Crippen MR) is 238 cm³/mol. The van der Waals surface area contributed by atoms with Crippen molar-refractivity contribution in [3.8, 4) is 22.3 Å². The second-order valence-electron chi connectivity index (χ2n) is 15.2. The van der Waals surface area contributed by atoms with Gasteiger partial charge >= 0.3 is 0 Å². The van der Waals surface area contributed by atoms with E-state index in [1.54, 1.807) is 0 Å². The zero-order valence-electron chi connectivity index (χ0n) is 31.5. The van der Waals surface area contributed by atoms with Gasteiger partial charge in [0.25, 0.3) is 0 Å². The maximum atomic E-state index is 6.99. The van der Waals surface area contributed by atoms with E-state index in [9.17, 15) is 0 Å². The lowest BCUT2D eigenvalue weighted by atomic mass is 9.67. The molecule has 58 heavy (non-hydrogen) atoms. The first-order chi connectivity index (χ1) is 28.8. The van der Waals surface area contributed by atoms with E-state index >= 15 is 0 Å². The molecule has 0 spiro atoms. The van der Waals surface area contributed by atoms with E-state index in [-0.39, 0.29) is 0 Å². The van der Waals surface area contributed by atoms with Crippen molar-refractivity contribution in [2.45, 2.75) is 5.41 Å². The molecule has 3 heteroatoms. The zero-order chi connectivity index (χ0) is 38.2. The molecule has 0 aliphatic heterocycles. The summed E-state index contributed by atoms with van der Waals surface area (Å²) in [5.74, 6) is 0.